The minimum atomic E-state index is -0.113. The zero-order chi connectivity index (χ0) is 10.5. The van der Waals surface area contributed by atoms with Crippen molar-refractivity contribution in [3.63, 3.8) is 0 Å². The maximum absolute atomic E-state index is 9.68. The Labute approximate surface area is 83.5 Å². The summed E-state index contributed by atoms with van der Waals surface area (Å²) in [4.78, 5) is 0. The summed E-state index contributed by atoms with van der Waals surface area (Å²) < 4.78 is 0. The Morgan fingerprint density at radius 2 is 1.62 bits per heavy atom. The lowest BCUT2D eigenvalue weighted by Crippen LogP contribution is -2.20. The molecule has 0 aliphatic rings. The van der Waals surface area contributed by atoms with Gasteiger partial charge in [-0.1, -0.05) is 47.5 Å². The van der Waals surface area contributed by atoms with Crippen molar-refractivity contribution in [2.45, 2.75) is 66.4 Å². The van der Waals surface area contributed by atoms with Gasteiger partial charge in [-0.2, -0.15) is 0 Å². The molecule has 0 fully saturated rings. The van der Waals surface area contributed by atoms with Crippen molar-refractivity contribution in [3.8, 4) is 0 Å². The Balaban J connectivity index is 3.85. The van der Waals surface area contributed by atoms with Crippen LogP contribution in [-0.2, 0) is 0 Å². The number of rotatable bonds is 6. The molecule has 1 nitrogen and oxygen atoms in total. The number of aliphatic hydroxyl groups is 1. The Bertz CT molecular complexity index is 125. The van der Waals surface area contributed by atoms with E-state index in [1.54, 1.807) is 0 Å². The summed E-state index contributed by atoms with van der Waals surface area (Å²) in [5.41, 5.74) is 0.440. The van der Waals surface area contributed by atoms with Crippen molar-refractivity contribution in [1.29, 1.82) is 0 Å². The van der Waals surface area contributed by atoms with Gasteiger partial charge in [0, 0.05) is 0 Å². The van der Waals surface area contributed by atoms with Crippen LogP contribution in [0, 0.1) is 11.3 Å². The monoisotopic (exact) mass is 186 g/mol. The Kier molecular flexibility index (Phi) is 5.62. The van der Waals surface area contributed by atoms with Gasteiger partial charge in [-0.3, -0.25) is 0 Å². The molecule has 0 heterocycles. The van der Waals surface area contributed by atoms with Crippen molar-refractivity contribution >= 4 is 0 Å². The zero-order valence-corrected chi connectivity index (χ0v) is 9.93. The first kappa shape index (κ1) is 13.0. The molecule has 1 N–H and O–H groups in total. The lowest BCUT2D eigenvalue weighted by Gasteiger charge is -2.28. The Hall–Kier alpha value is -0.0400. The van der Waals surface area contributed by atoms with Crippen LogP contribution in [0.15, 0.2) is 0 Å². The van der Waals surface area contributed by atoms with E-state index < -0.39 is 0 Å². The second-order valence-corrected chi connectivity index (χ2v) is 4.87. The first-order chi connectivity index (χ1) is 5.95. The lowest BCUT2D eigenvalue weighted by molar-refractivity contribution is 0.0946. The third kappa shape index (κ3) is 4.66. The molecular formula is C12H26O. The molecule has 0 bridgehead atoms. The van der Waals surface area contributed by atoms with Gasteiger partial charge in [-0.05, 0) is 24.2 Å². The summed E-state index contributed by atoms with van der Waals surface area (Å²) in [6.45, 7) is 11.0. The van der Waals surface area contributed by atoms with E-state index in [4.69, 9.17) is 0 Å². The van der Waals surface area contributed by atoms with Gasteiger partial charge < -0.3 is 5.11 Å². The third-order valence-electron chi connectivity index (χ3n) is 3.52. The normalized spacial score (nSPS) is 15.0. The highest BCUT2D eigenvalue weighted by atomic mass is 16.3. The van der Waals surface area contributed by atoms with Crippen LogP contribution in [-0.4, -0.2) is 11.2 Å². The van der Waals surface area contributed by atoms with E-state index in [-0.39, 0.29) is 6.10 Å². The molecule has 0 rings (SSSR count). The van der Waals surface area contributed by atoms with Crippen molar-refractivity contribution in [3.05, 3.63) is 0 Å². The fraction of sp³-hybridized carbons (Fsp3) is 1.00. The highest BCUT2D eigenvalue weighted by molar-refractivity contribution is 4.73. The summed E-state index contributed by atoms with van der Waals surface area (Å²) in [6, 6.07) is 0. The maximum atomic E-state index is 9.68. The largest absolute Gasteiger partial charge is 0.393 e. The molecule has 0 saturated carbocycles. The van der Waals surface area contributed by atoms with E-state index in [1.165, 1.54) is 12.8 Å². The van der Waals surface area contributed by atoms with Crippen LogP contribution in [0.4, 0.5) is 0 Å². The summed E-state index contributed by atoms with van der Waals surface area (Å²) in [5, 5.41) is 9.68. The minimum Gasteiger partial charge on any atom is -0.393 e. The fourth-order valence-corrected chi connectivity index (χ4v) is 1.43. The van der Waals surface area contributed by atoms with Crippen LogP contribution in [0.2, 0.25) is 0 Å². The quantitative estimate of drug-likeness (QED) is 0.672. The second-order valence-electron chi connectivity index (χ2n) is 4.87. The van der Waals surface area contributed by atoms with Gasteiger partial charge in [-0.25, -0.2) is 0 Å². The van der Waals surface area contributed by atoms with Crippen molar-refractivity contribution in [2.75, 3.05) is 0 Å². The van der Waals surface area contributed by atoms with Crippen LogP contribution in [0.25, 0.3) is 0 Å². The van der Waals surface area contributed by atoms with Crippen LogP contribution in [0.5, 0.6) is 0 Å². The molecule has 13 heavy (non-hydrogen) atoms. The van der Waals surface area contributed by atoms with Crippen molar-refractivity contribution in [1.82, 2.24) is 0 Å². The number of hydrogen-bond acceptors (Lipinski definition) is 1. The molecule has 0 aromatic heterocycles. The van der Waals surface area contributed by atoms with Gasteiger partial charge in [-0.15, -0.1) is 0 Å². The molecule has 0 radical (unpaired) electrons. The van der Waals surface area contributed by atoms with Crippen LogP contribution < -0.4 is 0 Å². The van der Waals surface area contributed by atoms with Crippen molar-refractivity contribution < 1.29 is 5.11 Å². The van der Waals surface area contributed by atoms with Gasteiger partial charge in [0.1, 0.15) is 0 Å². The van der Waals surface area contributed by atoms with E-state index in [1.807, 2.05) is 0 Å². The first-order valence-electron chi connectivity index (χ1n) is 5.63. The molecule has 0 spiro atoms. The molecule has 0 aromatic rings. The molecule has 0 amide bonds. The first-order valence-corrected chi connectivity index (χ1v) is 5.63. The van der Waals surface area contributed by atoms with Crippen molar-refractivity contribution in [2.24, 2.45) is 11.3 Å². The van der Waals surface area contributed by atoms with E-state index in [0.29, 0.717) is 11.3 Å². The molecule has 0 saturated heterocycles. The number of aliphatic hydroxyl groups excluding tert-OH is 1. The van der Waals surface area contributed by atoms with Crippen LogP contribution in [0.3, 0.4) is 0 Å². The number of hydrogen-bond donors (Lipinski definition) is 1. The Morgan fingerprint density at radius 1 is 1.15 bits per heavy atom. The van der Waals surface area contributed by atoms with Gasteiger partial charge >= 0.3 is 0 Å². The highest BCUT2D eigenvalue weighted by Gasteiger charge is 2.21. The molecule has 0 aliphatic carbocycles. The highest BCUT2D eigenvalue weighted by Crippen LogP contribution is 2.32. The van der Waals surface area contributed by atoms with Crippen LogP contribution in [0.1, 0.15) is 60.3 Å². The average Bonchev–Trinajstić information content (AvgIpc) is 2.13. The summed E-state index contributed by atoms with van der Waals surface area (Å²) >= 11 is 0. The molecule has 1 heteroatoms. The molecule has 80 valence electrons. The predicted molar refractivity (Wildman–Crippen MR) is 58.8 cm³/mol. The van der Waals surface area contributed by atoms with Gasteiger partial charge in [0.15, 0.2) is 0 Å². The minimum absolute atomic E-state index is 0.113. The van der Waals surface area contributed by atoms with E-state index in [2.05, 4.69) is 34.6 Å². The summed E-state index contributed by atoms with van der Waals surface area (Å²) in [6.07, 6.45) is 4.43. The SMILES string of the molecule is CCC(C)(CC)CCC(O)C(C)C. The lowest BCUT2D eigenvalue weighted by atomic mass is 9.79. The van der Waals surface area contributed by atoms with Gasteiger partial charge in [0.25, 0.3) is 0 Å². The van der Waals surface area contributed by atoms with E-state index in [0.717, 1.165) is 12.8 Å². The molecular weight excluding hydrogens is 160 g/mol. The zero-order valence-electron chi connectivity index (χ0n) is 9.93. The van der Waals surface area contributed by atoms with Crippen LogP contribution >= 0.6 is 0 Å². The maximum Gasteiger partial charge on any atom is 0.0563 e. The smallest absolute Gasteiger partial charge is 0.0563 e. The topological polar surface area (TPSA) is 20.2 Å². The third-order valence-corrected chi connectivity index (χ3v) is 3.52. The van der Waals surface area contributed by atoms with Gasteiger partial charge in [0.2, 0.25) is 0 Å². The summed E-state index contributed by atoms with van der Waals surface area (Å²) in [5.74, 6) is 0.401. The Morgan fingerprint density at radius 3 is 1.92 bits per heavy atom. The molecule has 0 aromatic carbocycles. The fourth-order valence-electron chi connectivity index (χ4n) is 1.43. The second kappa shape index (κ2) is 5.64. The van der Waals surface area contributed by atoms with Gasteiger partial charge in [0.05, 0.1) is 6.10 Å². The molecule has 1 unspecified atom stereocenters. The molecule has 0 aliphatic heterocycles. The average molecular weight is 186 g/mol. The van der Waals surface area contributed by atoms with E-state index in [9.17, 15) is 5.11 Å². The predicted octanol–water partition coefficient (Wildman–Crippen LogP) is 3.61. The standard InChI is InChI=1S/C12H26O/c1-6-12(5,7-2)9-8-11(13)10(3)4/h10-11,13H,6-9H2,1-5H3. The van der Waals surface area contributed by atoms with E-state index >= 15 is 0 Å². The molecule has 1 atom stereocenters. The summed E-state index contributed by atoms with van der Waals surface area (Å²) in [7, 11) is 0.